The number of carbonyl (C=O) groups excluding carboxylic acids is 2. The third-order valence-electron chi connectivity index (χ3n) is 9.32. The van der Waals surface area contributed by atoms with Gasteiger partial charge in [-0.2, -0.15) is 0 Å². The Balaban J connectivity index is 1.68. The maximum atomic E-state index is 13.2. The summed E-state index contributed by atoms with van der Waals surface area (Å²) in [6.45, 7) is 11.3. The van der Waals surface area contributed by atoms with E-state index in [1.807, 2.05) is 20.8 Å². The number of halogens is 1. The van der Waals surface area contributed by atoms with E-state index < -0.39 is 53.7 Å². The molecule has 0 saturated carbocycles. The number of fused-ring (bicyclic) bond motifs is 2. The van der Waals surface area contributed by atoms with Crippen molar-refractivity contribution in [3.63, 3.8) is 0 Å². The molecule has 3 N–H and O–H groups in total. The summed E-state index contributed by atoms with van der Waals surface area (Å²) in [7, 11) is 1.63. The highest BCUT2D eigenvalue weighted by atomic mass is 79.9. The number of phenolic OH excluding ortho intramolecular Hbond substituents is 1. The number of hydrogen-bond donors (Lipinski definition) is 3. The molecule has 9 atom stereocenters. The largest absolute Gasteiger partial charge is 0.508 e. The van der Waals surface area contributed by atoms with Crippen LogP contribution in [0, 0.1) is 17.3 Å². The Bertz CT molecular complexity index is 1230. The lowest BCUT2D eigenvalue weighted by molar-refractivity contribution is -0.354. The van der Waals surface area contributed by atoms with Gasteiger partial charge in [-0.15, -0.1) is 0 Å². The summed E-state index contributed by atoms with van der Waals surface area (Å²) in [4.78, 5) is 26.1. The highest BCUT2D eigenvalue weighted by Gasteiger charge is 2.60. The molecule has 1 unspecified atom stereocenters. The number of cyclic esters (lactones) is 1. The number of aromatic hydroxyl groups is 1. The molecule has 0 radical (unpaired) electrons. The first-order chi connectivity index (χ1) is 20.1. The van der Waals surface area contributed by atoms with Gasteiger partial charge >= 0.3 is 11.9 Å². The molecule has 10 nitrogen and oxygen atoms in total. The normalized spacial score (nSPS) is 33.2. The minimum Gasteiger partial charge on any atom is -0.508 e. The van der Waals surface area contributed by atoms with Crippen molar-refractivity contribution >= 4 is 27.9 Å². The Labute approximate surface area is 261 Å². The summed E-state index contributed by atoms with van der Waals surface area (Å²) < 4.78 is 31.5. The Morgan fingerprint density at radius 3 is 2.51 bits per heavy atom. The molecular weight excluding hydrogens is 624 g/mol. The van der Waals surface area contributed by atoms with Crippen molar-refractivity contribution in [2.75, 3.05) is 7.11 Å². The molecule has 0 amide bonds. The molecule has 3 heterocycles. The van der Waals surface area contributed by atoms with E-state index >= 15 is 0 Å². The Morgan fingerprint density at radius 1 is 1.16 bits per heavy atom. The van der Waals surface area contributed by atoms with Crippen LogP contribution in [0.25, 0.3) is 0 Å². The number of methoxy groups -OCH3 is 1. The van der Waals surface area contributed by atoms with Crippen molar-refractivity contribution < 1.29 is 48.6 Å². The molecule has 11 heteroatoms. The van der Waals surface area contributed by atoms with Gasteiger partial charge in [-0.1, -0.05) is 43.6 Å². The molecule has 0 aromatic heterocycles. The molecule has 3 aliphatic rings. The highest BCUT2D eigenvalue weighted by molar-refractivity contribution is 9.10. The number of phenols is 1. The molecule has 240 valence electrons. The molecule has 4 rings (SSSR count). The third kappa shape index (κ3) is 6.91. The highest BCUT2D eigenvalue weighted by Crippen LogP contribution is 2.54. The van der Waals surface area contributed by atoms with Crippen molar-refractivity contribution in [2.45, 2.75) is 116 Å². The van der Waals surface area contributed by atoms with Gasteiger partial charge in [-0.3, -0.25) is 4.79 Å². The van der Waals surface area contributed by atoms with E-state index in [0.29, 0.717) is 24.8 Å². The van der Waals surface area contributed by atoms with E-state index in [-0.39, 0.29) is 42.3 Å². The molecule has 43 heavy (non-hydrogen) atoms. The number of hydrogen-bond acceptors (Lipinski definition) is 10. The average Bonchev–Trinajstić information content (AvgIpc) is 2.92. The number of rotatable bonds is 7. The van der Waals surface area contributed by atoms with Gasteiger partial charge in [0.25, 0.3) is 0 Å². The van der Waals surface area contributed by atoms with Crippen LogP contribution in [0.2, 0.25) is 0 Å². The van der Waals surface area contributed by atoms with Crippen LogP contribution in [-0.2, 0) is 33.3 Å². The summed E-state index contributed by atoms with van der Waals surface area (Å²) in [5, 5.41) is 31.4. The molecule has 3 aliphatic heterocycles. The molecule has 1 aromatic carbocycles. The fraction of sp³-hybridized carbons (Fsp3) is 0.688. The molecule has 1 aromatic rings. The van der Waals surface area contributed by atoms with E-state index in [1.54, 1.807) is 32.2 Å². The lowest BCUT2D eigenvalue weighted by Gasteiger charge is -2.57. The predicted octanol–water partition coefficient (Wildman–Crippen LogP) is 5.07. The zero-order chi connectivity index (χ0) is 31.9. The minimum atomic E-state index is -1.75. The number of aliphatic hydroxyl groups is 2. The van der Waals surface area contributed by atoms with Crippen LogP contribution in [0.4, 0.5) is 0 Å². The Morgan fingerprint density at radius 2 is 1.86 bits per heavy atom. The third-order valence-corrected chi connectivity index (χ3v) is 10.0. The fourth-order valence-electron chi connectivity index (χ4n) is 6.67. The topological polar surface area (TPSA) is 141 Å². The molecule has 1 spiro atoms. The van der Waals surface area contributed by atoms with Crippen LogP contribution in [0.3, 0.4) is 0 Å². The van der Waals surface area contributed by atoms with Gasteiger partial charge < -0.3 is 39.0 Å². The van der Waals surface area contributed by atoms with Gasteiger partial charge in [0.05, 0.1) is 31.2 Å². The van der Waals surface area contributed by atoms with Crippen molar-refractivity contribution in [3.05, 3.63) is 39.6 Å². The van der Waals surface area contributed by atoms with Crippen LogP contribution in [0.5, 0.6) is 5.75 Å². The van der Waals surface area contributed by atoms with Gasteiger partial charge in [0, 0.05) is 22.9 Å². The maximum absolute atomic E-state index is 13.2. The summed E-state index contributed by atoms with van der Waals surface area (Å²) in [6, 6.07) is 5.07. The van der Waals surface area contributed by atoms with Crippen LogP contribution >= 0.6 is 15.9 Å². The Hall–Kier alpha value is -2.18. The van der Waals surface area contributed by atoms with Crippen LogP contribution in [0.15, 0.2) is 34.0 Å². The first-order valence-electron chi connectivity index (χ1n) is 14.9. The number of carbonyl (C=O) groups is 2. The number of ether oxygens (including phenoxy) is 5. The van der Waals surface area contributed by atoms with Gasteiger partial charge in [-0.25, -0.2) is 4.79 Å². The second kappa shape index (κ2) is 13.0. The van der Waals surface area contributed by atoms with Crippen molar-refractivity contribution in [1.82, 2.24) is 0 Å². The molecule has 2 saturated heterocycles. The quantitative estimate of drug-likeness (QED) is 0.337. The van der Waals surface area contributed by atoms with E-state index in [0.717, 1.165) is 10.0 Å². The van der Waals surface area contributed by atoms with Crippen LogP contribution < -0.4 is 0 Å². The monoisotopic (exact) mass is 668 g/mol. The van der Waals surface area contributed by atoms with Crippen LogP contribution in [-0.4, -0.2) is 70.7 Å². The first-order valence-corrected chi connectivity index (χ1v) is 15.7. The summed E-state index contributed by atoms with van der Waals surface area (Å²) >= 11 is 3.56. The molecule has 0 aliphatic carbocycles. The van der Waals surface area contributed by atoms with E-state index in [1.165, 1.54) is 6.92 Å². The summed E-state index contributed by atoms with van der Waals surface area (Å²) in [5.41, 5.74) is 0.909. The SMILES string of the molecule is CO[C@@H](CC[C@H](C)[C@H]1O[C@@]23C[C@H](OC(=O)C[C@H]([C@@H](C)O)OC(=O)C(O)C(=C(C)CC2(C)C)O3)[C@@H]1C)c1cc(O)ccc1Br. The maximum Gasteiger partial charge on any atom is 0.343 e. The molecular formula is C32H45BrO10. The smallest absolute Gasteiger partial charge is 0.343 e. The zero-order valence-corrected chi connectivity index (χ0v) is 27.5. The van der Waals surface area contributed by atoms with Crippen molar-refractivity contribution in [3.8, 4) is 5.75 Å². The Kier molecular flexibility index (Phi) is 10.2. The van der Waals surface area contributed by atoms with Gasteiger partial charge in [0.1, 0.15) is 23.7 Å². The lowest BCUT2D eigenvalue weighted by atomic mass is 9.69. The van der Waals surface area contributed by atoms with E-state index in [9.17, 15) is 24.9 Å². The lowest BCUT2D eigenvalue weighted by Crippen LogP contribution is -2.63. The first kappa shape index (κ1) is 33.7. The average molecular weight is 670 g/mol. The van der Waals surface area contributed by atoms with E-state index in [4.69, 9.17) is 23.7 Å². The van der Waals surface area contributed by atoms with Crippen LogP contribution in [0.1, 0.15) is 85.3 Å². The van der Waals surface area contributed by atoms with Gasteiger partial charge in [0.2, 0.25) is 11.9 Å². The van der Waals surface area contributed by atoms with Crippen molar-refractivity contribution in [1.29, 1.82) is 0 Å². The standard InChI is InChI=1S/C32H45BrO10/c1-16(8-11-23(39-7)21-12-20(35)9-10-22(21)33)28-18(3)25-15-32(42-28)31(5,6)14-17(2)29(43-32)27(37)30(38)41-24(19(4)34)13-26(36)40-25/h9-10,12,16,18-19,23-25,27-28,34-35,37H,8,11,13-15H2,1-7H3/t16-,18-,19+,23-,24+,25-,27?,28+,32+/m0/s1. The van der Waals surface area contributed by atoms with Gasteiger partial charge in [0.15, 0.2) is 0 Å². The molecule has 2 fully saturated rings. The number of benzene rings is 1. The number of allylic oxidation sites excluding steroid dienone is 1. The predicted molar refractivity (Wildman–Crippen MR) is 160 cm³/mol. The zero-order valence-electron chi connectivity index (χ0n) is 26.0. The second-order valence-electron chi connectivity index (χ2n) is 13.0. The number of esters is 2. The second-order valence-corrected chi connectivity index (χ2v) is 13.9. The van der Waals surface area contributed by atoms with Crippen molar-refractivity contribution in [2.24, 2.45) is 17.3 Å². The van der Waals surface area contributed by atoms with E-state index in [2.05, 4.69) is 22.9 Å². The minimum absolute atomic E-state index is 0.0510. The fourth-order valence-corrected chi connectivity index (χ4v) is 7.17. The van der Waals surface area contributed by atoms with Gasteiger partial charge in [-0.05, 0) is 68.4 Å². The summed E-state index contributed by atoms with van der Waals surface area (Å²) in [6.07, 6.45) is -3.81. The molecule has 3 bridgehead atoms. The number of aliphatic hydroxyl groups excluding tert-OH is 2. The summed E-state index contributed by atoms with van der Waals surface area (Å²) in [5.74, 6) is -3.01.